The molecule has 0 aliphatic carbocycles. The van der Waals surface area contributed by atoms with Gasteiger partial charge in [-0.05, 0) is 50.9 Å². The molecular formula is C26H26F2N6O2. The molecule has 1 aromatic carbocycles. The summed E-state index contributed by atoms with van der Waals surface area (Å²) in [6.45, 7) is 5.04. The lowest BCUT2D eigenvalue weighted by Crippen LogP contribution is -2.52. The second kappa shape index (κ2) is 9.09. The molecule has 2 bridgehead atoms. The summed E-state index contributed by atoms with van der Waals surface area (Å²) in [7, 11) is 1.48. The number of ether oxygens (including phenoxy) is 2. The lowest BCUT2D eigenvalue weighted by atomic mass is 9.86. The van der Waals surface area contributed by atoms with E-state index in [1.807, 2.05) is 0 Å². The van der Waals surface area contributed by atoms with Crippen LogP contribution >= 0.6 is 0 Å². The van der Waals surface area contributed by atoms with Crippen LogP contribution in [0.2, 0.25) is 0 Å². The van der Waals surface area contributed by atoms with Crippen molar-refractivity contribution >= 4 is 11.2 Å². The second-order valence-corrected chi connectivity index (χ2v) is 9.43. The first-order valence-corrected chi connectivity index (χ1v) is 12.1. The third kappa shape index (κ3) is 4.15. The SMILES string of the molecule is COc1nc(C)c2nc(-c3cncc(F)c3)n(Cc3ccc(O[C@@H]4CN5CCC4CC5)cc3F)c2n1. The number of aryl methyl sites for hydroxylation is 1. The van der Waals surface area contributed by atoms with Gasteiger partial charge in [-0.15, -0.1) is 0 Å². The van der Waals surface area contributed by atoms with Gasteiger partial charge in [0.25, 0.3) is 0 Å². The first-order chi connectivity index (χ1) is 17.5. The molecule has 8 nitrogen and oxygen atoms in total. The number of fused-ring (bicyclic) bond motifs is 4. The molecule has 3 aliphatic rings. The second-order valence-electron chi connectivity index (χ2n) is 9.43. The average molecular weight is 493 g/mol. The standard InChI is InChI=1S/C26H26F2N6O2/c1-15-23-25(32-26(30-15)35-2)34(24(31-23)18-9-19(27)12-29-11-18)13-17-3-4-20(10-21(17)28)36-22-14-33-7-5-16(22)6-8-33/h3-4,9-12,16,22H,5-8,13-14H2,1-2H3/t22-/m1/s1. The van der Waals surface area contributed by atoms with Crippen LogP contribution in [0.3, 0.4) is 0 Å². The summed E-state index contributed by atoms with van der Waals surface area (Å²) < 4.78 is 42.5. The zero-order valence-electron chi connectivity index (χ0n) is 20.1. The van der Waals surface area contributed by atoms with Crippen LogP contribution in [0.1, 0.15) is 24.1 Å². The molecule has 36 heavy (non-hydrogen) atoms. The molecule has 3 saturated heterocycles. The van der Waals surface area contributed by atoms with Gasteiger partial charge in [0.2, 0.25) is 0 Å². The highest BCUT2D eigenvalue weighted by Gasteiger charge is 2.35. The molecule has 3 aromatic heterocycles. The molecule has 0 N–H and O–H groups in total. The van der Waals surface area contributed by atoms with E-state index in [9.17, 15) is 4.39 Å². The Morgan fingerprint density at radius 2 is 1.89 bits per heavy atom. The van der Waals surface area contributed by atoms with Crippen LogP contribution in [0, 0.1) is 24.5 Å². The highest BCUT2D eigenvalue weighted by atomic mass is 19.1. The Balaban J connectivity index is 1.36. The zero-order valence-corrected chi connectivity index (χ0v) is 20.1. The fraction of sp³-hybridized carbons (Fsp3) is 0.385. The molecule has 7 rings (SSSR count). The topological polar surface area (TPSA) is 78.2 Å². The summed E-state index contributed by atoms with van der Waals surface area (Å²) in [5.74, 6) is 0.577. The van der Waals surface area contributed by atoms with E-state index in [0.717, 1.165) is 38.7 Å². The van der Waals surface area contributed by atoms with E-state index in [1.54, 1.807) is 23.6 Å². The number of pyridine rings is 1. The highest BCUT2D eigenvalue weighted by molar-refractivity contribution is 5.79. The third-order valence-corrected chi connectivity index (χ3v) is 7.13. The molecule has 3 aliphatic heterocycles. The van der Waals surface area contributed by atoms with Crippen LogP contribution in [0.25, 0.3) is 22.6 Å². The molecule has 1 atom stereocenters. The number of nitrogens with zero attached hydrogens (tertiary/aromatic N) is 6. The normalized spacial score (nSPS) is 21.2. The van der Waals surface area contributed by atoms with Gasteiger partial charge >= 0.3 is 6.01 Å². The van der Waals surface area contributed by atoms with Crippen molar-refractivity contribution in [3.05, 3.63) is 59.6 Å². The van der Waals surface area contributed by atoms with Crippen LogP contribution < -0.4 is 9.47 Å². The summed E-state index contributed by atoms with van der Waals surface area (Å²) >= 11 is 0. The Morgan fingerprint density at radius 3 is 2.58 bits per heavy atom. The number of methoxy groups -OCH3 is 1. The van der Waals surface area contributed by atoms with Gasteiger partial charge in [0, 0.05) is 29.9 Å². The van der Waals surface area contributed by atoms with Gasteiger partial charge in [0.1, 0.15) is 34.8 Å². The van der Waals surface area contributed by atoms with Gasteiger partial charge in [0.15, 0.2) is 5.65 Å². The summed E-state index contributed by atoms with van der Waals surface area (Å²) in [5.41, 5.74) is 2.47. The van der Waals surface area contributed by atoms with Crippen molar-refractivity contribution in [1.82, 2.24) is 29.4 Å². The monoisotopic (exact) mass is 492 g/mol. The largest absolute Gasteiger partial charge is 0.489 e. The van der Waals surface area contributed by atoms with Crippen LogP contribution in [-0.4, -0.2) is 62.3 Å². The number of halogens is 2. The van der Waals surface area contributed by atoms with Crippen LogP contribution in [0.4, 0.5) is 8.78 Å². The van der Waals surface area contributed by atoms with Gasteiger partial charge < -0.3 is 14.0 Å². The third-order valence-electron chi connectivity index (χ3n) is 7.13. The fourth-order valence-electron chi connectivity index (χ4n) is 5.23. The van der Waals surface area contributed by atoms with Gasteiger partial charge in [-0.2, -0.15) is 9.97 Å². The van der Waals surface area contributed by atoms with Gasteiger partial charge in [-0.1, -0.05) is 6.07 Å². The van der Waals surface area contributed by atoms with Crippen molar-refractivity contribution in [3.63, 3.8) is 0 Å². The van der Waals surface area contributed by atoms with E-state index >= 15 is 4.39 Å². The van der Waals surface area contributed by atoms with Crippen LogP contribution in [0.15, 0.2) is 36.7 Å². The van der Waals surface area contributed by atoms with E-state index in [-0.39, 0.29) is 18.7 Å². The Kier molecular flexibility index (Phi) is 5.75. The van der Waals surface area contributed by atoms with Gasteiger partial charge in [-0.3, -0.25) is 9.88 Å². The maximum Gasteiger partial charge on any atom is 0.318 e. The number of rotatable bonds is 6. The maximum atomic E-state index is 15.4. The number of imidazole rings is 1. The molecule has 10 heteroatoms. The van der Waals surface area contributed by atoms with E-state index in [4.69, 9.17) is 9.47 Å². The zero-order chi connectivity index (χ0) is 24.8. The Morgan fingerprint density at radius 1 is 1.06 bits per heavy atom. The molecule has 0 saturated carbocycles. The lowest BCUT2D eigenvalue weighted by molar-refractivity contribution is -0.00789. The maximum absolute atomic E-state index is 15.4. The lowest BCUT2D eigenvalue weighted by Gasteiger charge is -2.44. The highest BCUT2D eigenvalue weighted by Crippen LogP contribution is 2.32. The summed E-state index contributed by atoms with van der Waals surface area (Å²) in [6, 6.07) is 6.48. The minimum absolute atomic E-state index is 0.0922. The van der Waals surface area contributed by atoms with Crippen molar-refractivity contribution in [2.24, 2.45) is 5.92 Å². The molecule has 0 radical (unpaired) electrons. The number of hydrogen-bond donors (Lipinski definition) is 0. The first-order valence-electron chi connectivity index (χ1n) is 12.1. The molecular weight excluding hydrogens is 466 g/mol. The minimum atomic E-state index is -0.494. The molecule has 3 fully saturated rings. The van der Waals surface area contributed by atoms with Crippen LogP contribution in [0.5, 0.6) is 11.8 Å². The summed E-state index contributed by atoms with van der Waals surface area (Å²) in [5, 5.41) is 0. The van der Waals surface area contributed by atoms with E-state index in [2.05, 4.69) is 24.8 Å². The number of piperidine rings is 3. The molecule has 0 amide bonds. The van der Waals surface area contributed by atoms with Crippen molar-refractivity contribution in [1.29, 1.82) is 0 Å². The predicted molar refractivity (Wildman–Crippen MR) is 129 cm³/mol. The Hall–Kier alpha value is -3.66. The van der Waals surface area contributed by atoms with Crippen molar-refractivity contribution < 1.29 is 18.3 Å². The summed E-state index contributed by atoms with van der Waals surface area (Å²) in [4.78, 5) is 19.8. The number of hydrogen-bond acceptors (Lipinski definition) is 7. The molecule has 0 spiro atoms. The molecule has 186 valence electrons. The van der Waals surface area contributed by atoms with Gasteiger partial charge in [0.05, 0.1) is 25.5 Å². The average Bonchev–Trinajstić information content (AvgIpc) is 3.25. The van der Waals surface area contributed by atoms with Crippen molar-refractivity contribution in [3.8, 4) is 23.1 Å². The minimum Gasteiger partial charge on any atom is -0.489 e. The van der Waals surface area contributed by atoms with E-state index in [1.165, 1.54) is 25.4 Å². The number of aromatic nitrogens is 5. The van der Waals surface area contributed by atoms with E-state index in [0.29, 0.717) is 45.5 Å². The smallest absolute Gasteiger partial charge is 0.318 e. The molecule has 4 aromatic rings. The predicted octanol–water partition coefficient (Wildman–Crippen LogP) is 4.00. The Bertz CT molecular complexity index is 1430. The quantitative estimate of drug-likeness (QED) is 0.403. The molecule has 6 heterocycles. The van der Waals surface area contributed by atoms with Crippen molar-refractivity contribution in [2.45, 2.75) is 32.4 Å². The Labute approximate surface area is 206 Å². The fourth-order valence-corrected chi connectivity index (χ4v) is 5.23. The molecule has 0 unspecified atom stereocenters. The van der Waals surface area contributed by atoms with Crippen molar-refractivity contribution in [2.75, 3.05) is 26.7 Å². The summed E-state index contributed by atoms with van der Waals surface area (Å²) in [6.07, 6.45) is 4.98. The first kappa shape index (κ1) is 22.8. The van der Waals surface area contributed by atoms with Gasteiger partial charge in [-0.25, -0.2) is 13.8 Å². The number of benzene rings is 1. The van der Waals surface area contributed by atoms with E-state index < -0.39 is 11.6 Å². The van der Waals surface area contributed by atoms with Crippen LogP contribution in [-0.2, 0) is 6.54 Å².